The molecule has 0 saturated carbocycles. The summed E-state index contributed by atoms with van der Waals surface area (Å²) in [6, 6.07) is 6.23. The molecular weight excluding hydrogens is 351 g/mol. The van der Waals surface area contributed by atoms with Crippen LogP contribution < -0.4 is 10.2 Å². The Labute approximate surface area is 146 Å². The Hall–Kier alpha value is -2.20. The van der Waals surface area contributed by atoms with Crippen molar-refractivity contribution in [3.8, 4) is 0 Å². The molecule has 0 radical (unpaired) electrons. The van der Waals surface area contributed by atoms with Gasteiger partial charge >= 0.3 is 5.24 Å². The molecule has 10 heteroatoms. The molecule has 1 aliphatic heterocycles. The second kappa shape index (κ2) is 7.79. The predicted molar refractivity (Wildman–Crippen MR) is 91.2 cm³/mol. The number of rotatable bonds is 4. The van der Waals surface area contributed by atoms with E-state index in [0.717, 1.165) is 9.99 Å². The maximum absolute atomic E-state index is 13.3. The number of carbonyl (C=O) groups excluding carboxylic acids is 2. The van der Waals surface area contributed by atoms with Gasteiger partial charge in [0.25, 0.3) is 10.0 Å². The highest BCUT2D eigenvalue weighted by atomic mass is 32.2. The summed E-state index contributed by atoms with van der Waals surface area (Å²) in [5.74, 6) is -0.679. The third-order valence-electron chi connectivity index (χ3n) is 3.90. The Morgan fingerprint density at radius 1 is 1.20 bits per heavy atom. The Kier molecular flexibility index (Phi) is 5.96. The van der Waals surface area contributed by atoms with E-state index in [2.05, 4.69) is 5.32 Å². The molecular formula is C15H21FN4O4S. The highest BCUT2D eigenvalue weighted by Crippen LogP contribution is 2.17. The second-order valence-electron chi connectivity index (χ2n) is 5.78. The maximum atomic E-state index is 13.3. The third-order valence-corrected chi connectivity index (χ3v) is 5.48. The monoisotopic (exact) mass is 372 g/mol. The van der Waals surface area contributed by atoms with Crippen molar-refractivity contribution in [2.75, 3.05) is 51.7 Å². The normalized spacial score (nSPS) is 15.4. The van der Waals surface area contributed by atoms with E-state index in [1.807, 2.05) is 4.90 Å². The zero-order valence-electron chi connectivity index (χ0n) is 14.1. The highest BCUT2D eigenvalue weighted by molar-refractivity contribution is 8.03. The van der Waals surface area contributed by atoms with Gasteiger partial charge in [-0.1, -0.05) is 6.07 Å². The van der Waals surface area contributed by atoms with Gasteiger partial charge in [0.15, 0.2) is 0 Å². The van der Waals surface area contributed by atoms with Crippen LogP contribution in [0.3, 0.4) is 0 Å². The van der Waals surface area contributed by atoms with Gasteiger partial charge in [0.1, 0.15) is 5.82 Å². The van der Waals surface area contributed by atoms with E-state index in [4.69, 9.17) is 0 Å². The largest absolute Gasteiger partial charge is 0.368 e. The van der Waals surface area contributed by atoms with Gasteiger partial charge in [-0.2, -0.15) is 4.31 Å². The van der Waals surface area contributed by atoms with Crippen LogP contribution in [0.1, 0.15) is 0 Å². The summed E-state index contributed by atoms with van der Waals surface area (Å²) in [5.41, 5.74) is 0.748. The van der Waals surface area contributed by atoms with Crippen molar-refractivity contribution in [2.45, 2.75) is 0 Å². The molecule has 0 unspecified atom stereocenters. The molecule has 0 spiro atoms. The fraction of sp³-hybridized carbons (Fsp3) is 0.467. The zero-order chi connectivity index (χ0) is 18.6. The molecule has 1 saturated heterocycles. The zero-order valence-corrected chi connectivity index (χ0v) is 14.9. The van der Waals surface area contributed by atoms with Crippen LogP contribution in [0.2, 0.25) is 0 Å². The number of nitrogens with zero attached hydrogens (tertiary/aromatic N) is 3. The first-order valence-electron chi connectivity index (χ1n) is 7.70. The topological polar surface area (TPSA) is 90.0 Å². The van der Waals surface area contributed by atoms with Gasteiger partial charge in [0.2, 0.25) is 5.91 Å². The summed E-state index contributed by atoms with van der Waals surface area (Å²) in [6.45, 7) is 1.49. The number of carbonyl (C=O) groups is 2. The standard InChI is InChI=1S/C15H21FN4O4S/c1-18(2)25(23,24)15(22)17-11-14(21)20-8-6-19(7-9-20)13-5-3-4-12(16)10-13/h3-5,10H,6-9,11H2,1-2H3,(H,17,22). The number of piperazine rings is 1. The van der Waals surface area contributed by atoms with Gasteiger partial charge in [0, 0.05) is 46.0 Å². The maximum Gasteiger partial charge on any atom is 0.352 e. The summed E-state index contributed by atoms with van der Waals surface area (Å²) in [4.78, 5) is 27.2. The molecule has 2 amide bonds. The van der Waals surface area contributed by atoms with E-state index in [9.17, 15) is 22.4 Å². The van der Waals surface area contributed by atoms with Crippen molar-refractivity contribution >= 4 is 26.9 Å². The second-order valence-corrected chi connectivity index (χ2v) is 7.83. The molecule has 1 aromatic rings. The van der Waals surface area contributed by atoms with Crippen molar-refractivity contribution in [1.82, 2.24) is 14.5 Å². The van der Waals surface area contributed by atoms with Crippen molar-refractivity contribution in [2.24, 2.45) is 0 Å². The lowest BCUT2D eigenvalue weighted by molar-refractivity contribution is -0.130. The summed E-state index contributed by atoms with van der Waals surface area (Å²) < 4.78 is 37.3. The van der Waals surface area contributed by atoms with Crippen LogP contribution in [0, 0.1) is 5.82 Å². The number of halogens is 1. The molecule has 0 bridgehead atoms. The number of amides is 2. The molecule has 138 valence electrons. The van der Waals surface area contributed by atoms with Crippen molar-refractivity contribution in [3.05, 3.63) is 30.1 Å². The molecule has 1 aliphatic rings. The van der Waals surface area contributed by atoms with Gasteiger partial charge in [-0.05, 0) is 18.2 Å². The Morgan fingerprint density at radius 2 is 1.84 bits per heavy atom. The average Bonchev–Trinajstić information content (AvgIpc) is 2.59. The van der Waals surface area contributed by atoms with Crippen molar-refractivity contribution in [1.29, 1.82) is 0 Å². The number of nitrogens with one attached hydrogen (secondary N) is 1. The highest BCUT2D eigenvalue weighted by Gasteiger charge is 2.27. The van der Waals surface area contributed by atoms with E-state index < -0.39 is 15.3 Å². The summed E-state index contributed by atoms with van der Waals surface area (Å²) in [5, 5.41) is 0.924. The minimum Gasteiger partial charge on any atom is -0.368 e. The summed E-state index contributed by atoms with van der Waals surface area (Å²) in [6.07, 6.45) is 0. The van der Waals surface area contributed by atoms with Crippen LogP contribution in [-0.4, -0.2) is 75.6 Å². The Morgan fingerprint density at radius 3 is 2.40 bits per heavy atom. The van der Waals surface area contributed by atoms with Gasteiger partial charge in [-0.15, -0.1) is 0 Å². The van der Waals surface area contributed by atoms with Crippen LogP contribution in [0.5, 0.6) is 0 Å². The fourth-order valence-electron chi connectivity index (χ4n) is 2.40. The fourth-order valence-corrected chi connectivity index (χ4v) is 2.99. The third kappa shape index (κ3) is 4.67. The van der Waals surface area contributed by atoms with E-state index in [0.29, 0.717) is 26.2 Å². The van der Waals surface area contributed by atoms with Crippen molar-refractivity contribution < 1.29 is 22.4 Å². The smallest absolute Gasteiger partial charge is 0.352 e. The van der Waals surface area contributed by atoms with Crippen LogP contribution in [0.15, 0.2) is 24.3 Å². The minimum absolute atomic E-state index is 0.319. The molecule has 0 aromatic heterocycles. The van der Waals surface area contributed by atoms with Crippen LogP contribution >= 0.6 is 0 Å². The first-order valence-corrected chi connectivity index (χ1v) is 9.14. The van der Waals surface area contributed by atoms with E-state index >= 15 is 0 Å². The van der Waals surface area contributed by atoms with Crippen LogP contribution in [-0.2, 0) is 14.8 Å². The molecule has 25 heavy (non-hydrogen) atoms. The first-order chi connectivity index (χ1) is 11.7. The lowest BCUT2D eigenvalue weighted by Gasteiger charge is -2.36. The number of sulfonamides is 1. The molecule has 1 aromatic carbocycles. The lowest BCUT2D eigenvalue weighted by atomic mass is 10.2. The van der Waals surface area contributed by atoms with Crippen LogP contribution in [0.4, 0.5) is 14.9 Å². The number of hydrogen-bond donors (Lipinski definition) is 1. The lowest BCUT2D eigenvalue weighted by Crippen LogP contribution is -2.52. The van der Waals surface area contributed by atoms with E-state index in [1.165, 1.54) is 26.2 Å². The molecule has 1 fully saturated rings. The number of benzene rings is 1. The quantitative estimate of drug-likeness (QED) is 0.808. The Balaban J connectivity index is 1.84. The van der Waals surface area contributed by atoms with Gasteiger partial charge < -0.3 is 15.1 Å². The number of hydrogen-bond acceptors (Lipinski definition) is 5. The molecule has 1 heterocycles. The molecule has 0 aliphatic carbocycles. The van der Waals surface area contributed by atoms with Crippen molar-refractivity contribution in [3.63, 3.8) is 0 Å². The SMILES string of the molecule is CN(C)S(=O)(=O)C(=O)NCC(=O)N1CCN(c2cccc(F)c2)CC1. The van der Waals surface area contributed by atoms with Crippen LogP contribution in [0.25, 0.3) is 0 Å². The van der Waals surface area contributed by atoms with E-state index in [-0.39, 0.29) is 18.3 Å². The Bertz CT molecular complexity index is 746. The number of anilines is 1. The van der Waals surface area contributed by atoms with Gasteiger partial charge in [0.05, 0.1) is 6.54 Å². The average molecular weight is 372 g/mol. The first kappa shape index (κ1) is 19.1. The summed E-state index contributed by atoms with van der Waals surface area (Å²) in [7, 11) is -1.61. The van der Waals surface area contributed by atoms with Gasteiger partial charge in [-0.25, -0.2) is 12.8 Å². The minimum atomic E-state index is -4.08. The summed E-state index contributed by atoms with van der Waals surface area (Å²) >= 11 is 0. The van der Waals surface area contributed by atoms with E-state index in [1.54, 1.807) is 17.0 Å². The predicted octanol–water partition coefficient (Wildman–Crippen LogP) is 0.0753. The molecule has 0 atom stereocenters. The molecule has 2 rings (SSSR count). The molecule has 1 N–H and O–H groups in total. The van der Waals surface area contributed by atoms with Gasteiger partial charge in [-0.3, -0.25) is 9.59 Å². The molecule has 8 nitrogen and oxygen atoms in total.